The zero-order valence-electron chi connectivity index (χ0n) is 6.85. The molecule has 0 bridgehead atoms. The van der Waals surface area contributed by atoms with Crippen LogP contribution in [0.1, 0.15) is 23.8 Å². The molecule has 0 aliphatic carbocycles. The van der Waals surface area contributed by atoms with Crippen LogP contribution in [0.4, 0.5) is 5.00 Å². The van der Waals surface area contributed by atoms with Gasteiger partial charge in [0.2, 0.25) is 0 Å². The van der Waals surface area contributed by atoms with E-state index in [-0.39, 0.29) is 0 Å². The van der Waals surface area contributed by atoms with Crippen molar-refractivity contribution < 1.29 is 0 Å². The van der Waals surface area contributed by atoms with Crippen molar-refractivity contribution in [3.8, 4) is 0 Å². The third-order valence-corrected chi connectivity index (χ3v) is 2.95. The van der Waals surface area contributed by atoms with Gasteiger partial charge < -0.3 is 0 Å². The summed E-state index contributed by atoms with van der Waals surface area (Å²) in [7, 11) is 0. The Morgan fingerprint density at radius 3 is 3.00 bits per heavy atom. The first-order valence-electron chi connectivity index (χ1n) is 3.89. The van der Waals surface area contributed by atoms with Gasteiger partial charge in [-0.25, -0.2) is 4.99 Å². The molecule has 1 aliphatic rings. The van der Waals surface area contributed by atoms with E-state index >= 15 is 0 Å². The van der Waals surface area contributed by atoms with E-state index in [0.29, 0.717) is 0 Å². The number of rotatable bonds is 0. The van der Waals surface area contributed by atoms with Crippen LogP contribution in [-0.4, -0.2) is 5.71 Å². The molecule has 0 amide bonds. The molecular weight excluding hydrogens is 154 g/mol. The number of aliphatic imine (C=N–C) groups is 1. The Labute approximate surface area is 70.8 Å². The Morgan fingerprint density at radius 2 is 2.18 bits per heavy atom. The van der Waals surface area contributed by atoms with E-state index in [0.717, 1.165) is 6.42 Å². The van der Waals surface area contributed by atoms with Gasteiger partial charge in [-0.3, -0.25) is 0 Å². The fourth-order valence-corrected chi connectivity index (χ4v) is 2.37. The second-order valence-corrected chi connectivity index (χ2v) is 4.27. The maximum atomic E-state index is 4.50. The van der Waals surface area contributed by atoms with Crippen LogP contribution in [0, 0.1) is 6.92 Å². The first-order valence-corrected chi connectivity index (χ1v) is 4.71. The highest BCUT2D eigenvalue weighted by Crippen LogP contribution is 2.34. The molecule has 58 valence electrons. The van der Waals surface area contributed by atoms with Crippen molar-refractivity contribution in [1.82, 2.24) is 0 Å². The molecule has 0 aromatic carbocycles. The van der Waals surface area contributed by atoms with Gasteiger partial charge in [-0.1, -0.05) is 0 Å². The van der Waals surface area contributed by atoms with Crippen LogP contribution in [0.5, 0.6) is 0 Å². The summed E-state index contributed by atoms with van der Waals surface area (Å²) in [5.41, 5.74) is 2.72. The first-order chi connectivity index (χ1) is 5.25. The lowest BCUT2D eigenvalue weighted by atomic mass is 10.1. The minimum atomic E-state index is 1.14. The van der Waals surface area contributed by atoms with Gasteiger partial charge in [-0.05, 0) is 38.3 Å². The van der Waals surface area contributed by atoms with Gasteiger partial charge >= 0.3 is 0 Å². The lowest BCUT2D eigenvalue weighted by molar-refractivity contribution is 1.01. The first kappa shape index (κ1) is 7.04. The lowest BCUT2D eigenvalue weighted by Crippen LogP contribution is -1.98. The van der Waals surface area contributed by atoms with Crippen LogP contribution < -0.4 is 0 Å². The molecule has 0 saturated carbocycles. The molecule has 0 spiro atoms. The summed E-state index contributed by atoms with van der Waals surface area (Å²) in [6, 6.07) is 2.26. The zero-order valence-corrected chi connectivity index (χ0v) is 7.66. The molecule has 2 heterocycles. The predicted octanol–water partition coefficient (Wildman–Crippen LogP) is 3.10. The lowest BCUT2D eigenvalue weighted by Gasteiger charge is -2.06. The van der Waals surface area contributed by atoms with Crippen LogP contribution >= 0.6 is 11.3 Å². The van der Waals surface area contributed by atoms with E-state index in [1.165, 1.54) is 27.6 Å². The Balaban J connectivity index is 2.50. The molecule has 1 aromatic rings. The average Bonchev–Trinajstić information content (AvgIpc) is 2.27. The maximum absolute atomic E-state index is 4.50. The van der Waals surface area contributed by atoms with E-state index in [4.69, 9.17) is 0 Å². The molecule has 0 radical (unpaired) electrons. The SMILES string of the molecule is CC1=Nc2sc(C)cc2CC1. The Morgan fingerprint density at radius 1 is 1.36 bits per heavy atom. The van der Waals surface area contributed by atoms with Gasteiger partial charge in [0.05, 0.1) is 0 Å². The topological polar surface area (TPSA) is 12.4 Å². The molecule has 0 fully saturated rings. The third kappa shape index (κ3) is 1.23. The van der Waals surface area contributed by atoms with Crippen molar-refractivity contribution in [1.29, 1.82) is 0 Å². The van der Waals surface area contributed by atoms with E-state index in [2.05, 4.69) is 24.9 Å². The summed E-state index contributed by atoms with van der Waals surface area (Å²) in [5.74, 6) is 0. The van der Waals surface area contributed by atoms with Crippen LogP contribution in [0.25, 0.3) is 0 Å². The van der Waals surface area contributed by atoms with Crippen LogP contribution in [0.15, 0.2) is 11.1 Å². The maximum Gasteiger partial charge on any atom is 0.119 e. The van der Waals surface area contributed by atoms with Crippen molar-refractivity contribution in [2.45, 2.75) is 26.7 Å². The monoisotopic (exact) mass is 165 g/mol. The van der Waals surface area contributed by atoms with Crippen LogP contribution in [0.3, 0.4) is 0 Å². The number of aryl methyl sites for hydroxylation is 2. The van der Waals surface area contributed by atoms with Gasteiger partial charge in [0.15, 0.2) is 0 Å². The van der Waals surface area contributed by atoms with Crippen molar-refractivity contribution >= 4 is 22.0 Å². The van der Waals surface area contributed by atoms with E-state index in [1.807, 2.05) is 0 Å². The van der Waals surface area contributed by atoms with Crippen molar-refractivity contribution in [3.63, 3.8) is 0 Å². The Hall–Kier alpha value is -0.630. The van der Waals surface area contributed by atoms with Crippen molar-refractivity contribution in [2.24, 2.45) is 4.99 Å². The fourth-order valence-electron chi connectivity index (χ4n) is 1.37. The van der Waals surface area contributed by atoms with E-state index < -0.39 is 0 Å². The predicted molar refractivity (Wildman–Crippen MR) is 50.1 cm³/mol. The minimum Gasteiger partial charge on any atom is -0.247 e. The Bertz CT molecular complexity index is 309. The molecule has 1 aliphatic heterocycles. The largest absolute Gasteiger partial charge is 0.247 e. The standard InChI is InChI=1S/C9H11NS/c1-6-3-4-8-5-7(2)11-9(8)10-6/h5H,3-4H2,1-2H3. The summed E-state index contributed by atoms with van der Waals surface area (Å²) >= 11 is 1.81. The molecule has 0 N–H and O–H groups in total. The molecule has 2 rings (SSSR count). The molecule has 11 heavy (non-hydrogen) atoms. The van der Waals surface area contributed by atoms with Crippen molar-refractivity contribution in [2.75, 3.05) is 0 Å². The highest BCUT2D eigenvalue weighted by atomic mass is 32.1. The number of fused-ring (bicyclic) bond motifs is 1. The second kappa shape index (κ2) is 2.45. The summed E-state index contributed by atoms with van der Waals surface area (Å²) < 4.78 is 0. The van der Waals surface area contributed by atoms with Gasteiger partial charge in [-0.15, -0.1) is 11.3 Å². The van der Waals surface area contributed by atoms with Gasteiger partial charge in [0.25, 0.3) is 0 Å². The quantitative estimate of drug-likeness (QED) is 0.560. The van der Waals surface area contributed by atoms with E-state index in [1.54, 1.807) is 11.3 Å². The average molecular weight is 165 g/mol. The molecular formula is C9H11NS. The third-order valence-electron chi connectivity index (χ3n) is 1.96. The smallest absolute Gasteiger partial charge is 0.119 e. The summed E-state index contributed by atoms with van der Waals surface area (Å²) in [5, 5.41) is 1.24. The molecule has 1 nitrogen and oxygen atoms in total. The van der Waals surface area contributed by atoms with Crippen LogP contribution in [0.2, 0.25) is 0 Å². The zero-order chi connectivity index (χ0) is 7.84. The molecule has 0 atom stereocenters. The molecule has 0 saturated heterocycles. The van der Waals surface area contributed by atoms with Crippen molar-refractivity contribution in [3.05, 3.63) is 16.5 Å². The number of hydrogen-bond donors (Lipinski definition) is 0. The fraction of sp³-hybridized carbons (Fsp3) is 0.444. The highest BCUT2D eigenvalue weighted by Gasteiger charge is 2.11. The van der Waals surface area contributed by atoms with Gasteiger partial charge in [0, 0.05) is 10.6 Å². The summed E-state index contributed by atoms with van der Waals surface area (Å²) in [6.45, 7) is 4.26. The van der Waals surface area contributed by atoms with Gasteiger partial charge in [-0.2, -0.15) is 0 Å². The summed E-state index contributed by atoms with van der Waals surface area (Å²) in [6.07, 6.45) is 2.33. The minimum absolute atomic E-state index is 1.14. The normalized spacial score (nSPS) is 16.0. The number of thiophene rings is 1. The second-order valence-electron chi connectivity index (χ2n) is 3.03. The molecule has 0 unspecified atom stereocenters. The van der Waals surface area contributed by atoms with Gasteiger partial charge in [0.1, 0.15) is 5.00 Å². The number of nitrogens with zero attached hydrogens (tertiary/aromatic N) is 1. The highest BCUT2D eigenvalue weighted by molar-refractivity contribution is 7.16. The number of hydrogen-bond acceptors (Lipinski definition) is 2. The Kier molecular flexibility index (Phi) is 1.57. The van der Waals surface area contributed by atoms with Crippen LogP contribution in [-0.2, 0) is 6.42 Å². The van der Waals surface area contributed by atoms with E-state index in [9.17, 15) is 0 Å². The summed E-state index contributed by atoms with van der Waals surface area (Å²) in [4.78, 5) is 5.88. The molecule has 2 heteroatoms. The molecule has 1 aromatic heterocycles.